The summed E-state index contributed by atoms with van der Waals surface area (Å²) in [6.07, 6.45) is 0.998. The van der Waals surface area contributed by atoms with Gasteiger partial charge in [0.2, 0.25) is 5.88 Å². The third-order valence-corrected chi connectivity index (χ3v) is 3.59. The average Bonchev–Trinajstić information content (AvgIpc) is 2.88. The van der Waals surface area contributed by atoms with Gasteiger partial charge < -0.3 is 4.74 Å². The van der Waals surface area contributed by atoms with Crippen molar-refractivity contribution in [3.05, 3.63) is 71.8 Å². The maximum absolute atomic E-state index is 5.99. The van der Waals surface area contributed by atoms with E-state index in [0.29, 0.717) is 0 Å². The van der Waals surface area contributed by atoms with Crippen LogP contribution in [0.4, 0.5) is 0 Å². The minimum absolute atomic E-state index is 0.0977. The van der Waals surface area contributed by atoms with Crippen LogP contribution in [0.1, 0.15) is 17.2 Å². The third kappa shape index (κ3) is 1.76. The number of benzene rings is 2. The first-order chi connectivity index (χ1) is 9.40. The minimum Gasteiger partial charge on any atom is -0.469 e. The van der Waals surface area contributed by atoms with Gasteiger partial charge in [-0.1, -0.05) is 48.5 Å². The van der Waals surface area contributed by atoms with Crippen LogP contribution in [0.15, 0.2) is 60.7 Å². The van der Waals surface area contributed by atoms with Gasteiger partial charge in [0.05, 0.1) is 5.52 Å². The molecule has 0 radical (unpaired) electrons. The molecule has 0 amide bonds. The van der Waals surface area contributed by atoms with E-state index in [-0.39, 0.29) is 6.10 Å². The van der Waals surface area contributed by atoms with Crippen molar-refractivity contribution in [3.8, 4) is 5.88 Å². The number of para-hydroxylation sites is 1. The Kier molecular flexibility index (Phi) is 2.27. The summed E-state index contributed by atoms with van der Waals surface area (Å²) in [4.78, 5) is 4.61. The maximum Gasteiger partial charge on any atom is 0.217 e. The van der Waals surface area contributed by atoms with Crippen molar-refractivity contribution in [1.82, 2.24) is 4.98 Å². The van der Waals surface area contributed by atoms with Gasteiger partial charge in [-0.2, -0.15) is 0 Å². The predicted molar refractivity (Wildman–Crippen MR) is 75.3 cm³/mol. The first-order valence-corrected chi connectivity index (χ1v) is 6.50. The lowest BCUT2D eigenvalue weighted by Gasteiger charge is -2.09. The Morgan fingerprint density at radius 3 is 2.63 bits per heavy atom. The van der Waals surface area contributed by atoms with E-state index in [1.54, 1.807) is 0 Å². The zero-order valence-electron chi connectivity index (χ0n) is 10.4. The first-order valence-electron chi connectivity index (χ1n) is 6.50. The summed E-state index contributed by atoms with van der Waals surface area (Å²) in [7, 11) is 0. The van der Waals surface area contributed by atoms with E-state index in [1.165, 1.54) is 16.5 Å². The number of pyridine rings is 1. The molecule has 1 aliphatic heterocycles. The van der Waals surface area contributed by atoms with Crippen LogP contribution >= 0.6 is 0 Å². The normalized spacial score (nSPS) is 17.2. The van der Waals surface area contributed by atoms with Crippen LogP contribution < -0.4 is 4.74 Å². The van der Waals surface area contributed by atoms with Crippen molar-refractivity contribution in [1.29, 1.82) is 0 Å². The van der Waals surface area contributed by atoms with Gasteiger partial charge in [0, 0.05) is 17.4 Å². The Balaban J connectivity index is 1.76. The molecule has 4 rings (SSSR count). The fourth-order valence-electron chi connectivity index (χ4n) is 2.62. The van der Waals surface area contributed by atoms with Crippen molar-refractivity contribution in [2.75, 3.05) is 0 Å². The molecule has 1 atom stereocenters. The number of rotatable bonds is 1. The zero-order valence-corrected chi connectivity index (χ0v) is 10.4. The molecule has 1 unspecified atom stereocenters. The molecule has 19 heavy (non-hydrogen) atoms. The van der Waals surface area contributed by atoms with E-state index in [0.717, 1.165) is 17.8 Å². The fraction of sp³-hybridized carbons (Fsp3) is 0.118. The van der Waals surface area contributed by atoms with Crippen LogP contribution in [-0.2, 0) is 6.42 Å². The molecule has 92 valence electrons. The Morgan fingerprint density at radius 2 is 1.74 bits per heavy atom. The topological polar surface area (TPSA) is 22.1 Å². The molecule has 0 saturated heterocycles. The lowest BCUT2D eigenvalue weighted by Crippen LogP contribution is -2.02. The highest BCUT2D eigenvalue weighted by atomic mass is 16.5. The summed E-state index contributed by atoms with van der Waals surface area (Å²) in [6.45, 7) is 0. The highest BCUT2D eigenvalue weighted by molar-refractivity contribution is 5.80. The second kappa shape index (κ2) is 4.09. The smallest absolute Gasteiger partial charge is 0.217 e. The van der Waals surface area contributed by atoms with E-state index in [1.807, 2.05) is 36.4 Å². The average molecular weight is 247 g/mol. The van der Waals surface area contributed by atoms with Gasteiger partial charge in [0.1, 0.15) is 6.10 Å². The van der Waals surface area contributed by atoms with E-state index in [2.05, 4.69) is 29.2 Å². The molecular formula is C17H13NO. The van der Waals surface area contributed by atoms with Gasteiger partial charge in [0.25, 0.3) is 0 Å². The Morgan fingerprint density at radius 1 is 0.947 bits per heavy atom. The summed E-state index contributed by atoms with van der Waals surface area (Å²) in [6, 6.07) is 20.7. The number of nitrogens with zero attached hydrogens (tertiary/aromatic N) is 1. The van der Waals surface area contributed by atoms with Crippen molar-refractivity contribution in [3.63, 3.8) is 0 Å². The molecule has 3 aromatic rings. The molecule has 2 heterocycles. The first kappa shape index (κ1) is 10.6. The largest absolute Gasteiger partial charge is 0.469 e. The standard InChI is InChI=1S/C17H13NO/c1-2-6-12(7-3-1)16-11-14-10-13-8-4-5-9-15(13)18-17(14)19-16/h1-10,16H,11H2. The molecule has 1 aromatic heterocycles. The molecule has 0 N–H and O–H groups in total. The molecule has 0 bridgehead atoms. The second-order valence-electron chi connectivity index (χ2n) is 4.87. The number of ether oxygens (including phenoxy) is 1. The fourth-order valence-corrected chi connectivity index (χ4v) is 2.62. The Bertz CT molecular complexity index is 692. The number of fused-ring (bicyclic) bond motifs is 2. The van der Waals surface area contributed by atoms with Gasteiger partial charge in [-0.25, -0.2) is 4.98 Å². The van der Waals surface area contributed by atoms with Crippen molar-refractivity contribution < 1.29 is 4.74 Å². The molecule has 0 aliphatic carbocycles. The molecule has 2 heteroatoms. The van der Waals surface area contributed by atoms with Crippen molar-refractivity contribution in [2.45, 2.75) is 12.5 Å². The van der Waals surface area contributed by atoms with E-state index < -0.39 is 0 Å². The summed E-state index contributed by atoms with van der Waals surface area (Å²) in [5.74, 6) is 0.785. The van der Waals surface area contributed by atoms with E-state index >= 15 is 0 Å². The highest BCUT2D eigenvalue weighted by Crippen LogP contribution is 2.36. The molecule has 2 nitrogen and oxygen atoms in total. The zero-order chi connectivity index (χ0) is 12.7. The quantitative estimate of drug-likeness (QED) is 0.650. The summed E-state index contributed by atoms with van der Waals surface area (Å²) in [5.41, 5.74) is 3.41. The van der Waals surface area contributed by atoms with Crippen LogP contribution in [0.2, 0.25) is 0 Å². The lowest BCUT2D eigenvalue weighted by atomic mass is 10.0. The Hall–Kier alpha value is -2.35. The van der Waals surface area contributed by atoms with Gasteiger partial charge in [-0.3, -0.25) is 0 Å². The van der Waals surface area contributed by atoms with Crippen LogP contribution in [0.5, 0.6) is 5.88 Å². The lowest BCUT2D eigenvalue weighted by molar-refractivity contribution is 0.231. The predicted octanol–water partition coefficient (Wildman–Crippen LogP) is 3.91. The Labute approximate surface area is 111 Å². The van der Waals surface area contributed by atoms with Gasteiger partial charge in [-0.15, -0.1) is 0 Å². The molecule has 1 aliphatic rings. The highest BCUT2D eigenvalue weighted by Gasteiger charge is 2.25. The van der Waals surface area contributed by atoms with E-state index in [9.17, 15) is 0 Å². The van der Waals surface area contributed by atoms with Crippen molar-refractivity contribution >= 4 is 10.9 Å². The molecule has 2 aromatic carbocycles. The summed E-state index contributed by atoms with van der Waals surface area (Å²) < 4.78 is 5.99. The van der Waals surface area contributed by atoms with Gasteiger partial charge in [-0.05, 0) is 17.7 Å². The molecule has 0 spiro atoms. The SMILES string of the molecule is c1ccc(C2Cc3cc4ccccc4nc3O2)cc1. The third-order valence-electron chi connectivity index (χ3n) is 3.59. The molecule has 0 fully saturated rings. The van der Waals surface area contributed by atoms with Crippen molar-refractivity contribution in [2.24, 2.45) is 0 Å². The second-order valence-corrected chi connectivity index (χ2v) is 4.87. The number of hydrogen-bond donors (Lipinski definition) is 0. The van der Waals surface area contributed by atoms with Gasteiger partial charge >= 0.3 is 0 Å². The van der Waals surface area contributed by atoms with Crippen LogP contribution in [0.25, 0.3) is 10.9 Å². The summed E-state index contributed by atoms with van der Waals surface area (Å²) >= 11 is 0. The molecular weight excluding hydrogens is 234 g/mol. The van der Waals surface area contributed by atoms with Gasteiger partial charge in [0.15, 0.2) is 0 Å². The minimum atomic E-state index is 0.0977. The number of hydrogen-bond acceptors (Lipinski definition) is 2. The number of aromatic nitrogens is 1. The van der Waals surface area contributed by atoms with Crippen LogP contribution in [-0.4, -0.2) is 4.98 Å². The molecule has 0 saturated carbocycles. The maximum atomic E-state index is 5.99. The van der Waals surface area contributed by atoms with Crippen LogP contribution in [0.3, 0.4) is 0 Å². The van der Waals surface area contributed by atoms with Crippen LogP contribution in [0, 0.1) is 0 Å². The van der Waals surface area contributed by atoms with E-state index in [4.69, 9.17) is 4.74 Å². The summed E-state index contributed by atoms with van der Waals surface area (Å²) in [5, 5.41) is 1.18. The monoisotopic (exact) mass is 247 g/mol.